The molecule has 3 fully saturated rings. The van der Waals surface area contributed by atoms with Crippen molar-refractivity contribution in [2.75, 3.05) is 13.1 Å². The maximum absolute atomic E-state index is 6.20. The summed E-state index contributed by atoms with van der Waals surface area (Å²) in [7, 11) is 0. The number of nitrogens with two attached hydrogens (primary N) is 1. The van der Waals surface area contributed by atoms with Gasteiger partial charge in [-0.3, -0.25) is 4.90 Å². The van der Waals surface area contributed by atoms with Crippen molar-refractivity contribution in [3.05, 3.63) is 0 Å². The van der Waals surface area contributed by atoms with E-state index in [9.17, 15) is 0 Å². The molecule has 16 heavy (non-hydrogen) atoms. The minimum absolute atomic E-state index is 0.475. The van der Waals surface area contributed by atoms with Gasteiger partial charge < -0.3 is 5.73 Å². The Bertz CT molecular complexity index is 235. The lowest BCUT2D eigenvalue weighted by Crippen LogP contribution is -2.62. The topological polar surface area (TPSA) is 29.3 Å². The Morgan fingerprint density at radius 2 is 1.56 bits per heavy atom. The average molecular weight is 222 g/mol. The molecule has 1 aliphatic heterocycles. The van der Waals surface area contributed by atoms with Gasteiger partial charge in [0.1, 0.15) is 0 Å². The highest BCUT2D eigenvalue weighted by Gasteiger charge is 2.46. The van der Waals surface area contributed by atoms with Crippen LogP contribution in [0.3, 0.4) is 0 Å². The van der Waals surface area contributed by atoms with Crippen LogP contribution in [0.4, 0.5) is 0 Å². The Morgan fingerprint density at radius 3 is 2.12 bits per heavy atom. The molecule has 2 N–H and O–H groups in total. The van der Waals surface area contributed by atoms with Crippen LogP contribution in [0, 0.1) is 5.41 Å². The van der Waals surface area contributed by atoms with E-state index in [4.69, 9.17) is 5.73 Å². The first-order valence-corrected chi connectivity index (χ1v) is 7.29. The molecule has 2 atom stereocenters. The van der Waals surface area contributed by atoms with Crippen molar-refractivity contribution >= 4 is 0 Å². The summed E-state index contributed by atoms with van der Waals surface area (Å²) in [5, 5.41) is 0. The summed E-state index contributed by atoms with van der Waals surface area (Å²) in [6, 6.07) is 1.21. The fraction of sp³-hybridized carbons (Fsp3) is 1.00. The minimum Gasteiger partial charge on any atom is -0.326 e. The summed E-state index contributed by atoms with van der Waals surface area (Å²) in [5.41, 5.74) is 6.92. The van der Waals surface area contributed by atoms with Crippen molar-refractivity contribution < 1.29 is 0 Å². The molecule has 0 radical (unpaired) electrons. The van der Waals surface area contributed by atoms with Crippen LogP contribution in [0.25, 0.3) is 0 Å². The highest BCUT2D eigenvalue weighted by molar-refractivity contribution is 5.01. The molecule has 1 heterocycles. The Labute approximate surface area is 99.6 Å². The van der Waals surface area contributed by atoms with E-state index in [1.165, 1.54) is 70.9 Å². The second-order valence-corrected chi connectivity index (χ2v) is 6.48. The highest BCUT2D eigenvalue weighted by Crippen LogP contribution is 2.45. The quantitative estimate of drug-likeness (QED) is 0.738. The fourth-order valence-electron chi connectivity index (χ4n) is 4.27. The molecule has 1 spiro atoms. The molecule has 2 aliphatic carbocycles. The summed E-state index contributed by atoms with van der Waals surface area (Å²) in [6.07, 6.45) is 12.9. The number of nitrogens with zero attached hydrogens (tertiary/aromatic N) is 1. The molecule has 3 aliphatic rings. The van der Waals surface area contributed by atoms with Crippen LogP contribution < -0.4 is 5.73 Å². The van der Waals surface area contributed by atoms with Crippen LogP contribution in [-0.2, 0) is 0 Å². The van der Waals surface area contributed by atoms with E-state index in [2.05, 4.69) is 4.90 Å². The maximum Gasteiger partial charge on any atom is 0.0247 e. The molecule has 2 nitrogen and oxygen atoms in total. The summed E-state index contributed by atoms with van der Waals surface area (Å²) < 4.78 is 0. The summed E-state index contributed by atoms with van der Waals surface area (Å²) in [4.78, 5) is 2.70. The van der Waals surface area contributed by atoms with E-state index in [1.54, 1.807) is 0 Å². The Hall–Kier alpha value is -0.0800. The summed E-state index contributed by atoms with van der Waals surface area (Å²) >= 11 is 0. The van der Waals surface area contributed by atoms with Crippen LogP contribution in [0.5, 0.6) is 0 Å². The third-order valence-electron chi connectivity index (χ3n) is 5.24. The van der Waals surface area contributed by atoms with Gasteiger partial charge in [-0.1, -0.05) is 32.1 Å². The largest absolute Gasteiger partial charge is 0.326 e. The van der Waals surface area contributed by atoms with E-state index in [-0.39, 0.29) is 0 Å². The number of rotatable bonds is 1. The predicted octanol–water partition coefficient (Wildman–Crippen LogP) is 2.52. The smallest absolute Gasteiger partial charge is 0.0247 e. The molecule has 3 rings (SSSR count). The van der Waals surface area contributed by atoms with Crippen molar-refractivity contribution in [2.24, 2.45) is 11.1 Å². The number of hydrogen-bond acceptors (Lipinski definition) is 2. The van der Waals surface area contributed by atoms with Crippen molar-refractivity contribution in [1.82, 2.24) is 4.90 Å². The molecule has 2 saturated carbocycles. The molecule has 0 aromatic heterocycles. The second-order valence-electron chi connectivity index (χ2n) is 6.48. The zero-order valence-electron chi connectivity index (χ0n) is 10.5. The van der Waals surface area contributed by atoms with Gasteiger partial charge in [-0.05, 0) is 31.1 Å². The normalized spacial score (nSPS) is 39.6. The lowest BCUT2D eigenvalue weighted by Gasteiger charge is -2.54. The third-order valence-corrected chi connectivity index (χ3v) is 5.24. The number of likely N-dealkylation sites (tertiary alicyclic amines) is 1. The Kier molecular flexibility index (Phi) is 2.97. The average Bonchev–Trinajstić information content (AvgIpc) is 2.52. The SMILES string of the molecule is NC1CCCC1N1CC2(CCCCCC2)C1. The number of hydrogen-bond donors (Lipinski definition) is 1. The lowest BCUT2D eigenvalue weighted by molar-refractivity contribution is -0.0434. The van der Waals surface area contributed by atoms with E-state index in [0.29, 0.717) is 6.04 Å². The van der Waals surface area contributed by atoms with Crippen molar-refractivity contribution in [2.45, 2.75) is 69.9 Å². The lowest BCUT2D eigenvalue weighted by atomic mass is 9.72. The fourth-order valence-corrected chi connectivity index (χ4v) is 4.27. The van der Waals surface area contributed by atoms with Crippen LogP contribution in [0.15, 0.2) is 0 Å². The third kappa shape index (κ3) is 1.91. The standard InChI is InChI=1S/C14H26N2/c15-12-6-5-7-13(12)16-10-14(11-16)8-3-1-2-4-9-14/h12-13H,1-11,15H2. The minimum atomic E-state index is 0.475. The Balaban J connectivity index is 1.56. The van der Waals surface area contributed by atoms with Gasteiger partial charge in [0.05, 0.1) is 0 Å². The monoisotopic (exact) mass is 222 g/mol. The first-order chi connectivity index (χ1) is 7.79. The van der Waals surface area contributed by atoms with Gasteiger partial charge in [0.15, 0.2) is 0 Å². The van der Waals surface area contributed by atoms with Crippen LogP contribution >= 0.6 is 0 Å². The summed E-state index contributed by atoms with van der Waals surface area (Å²) in [5.74, 6) is 0. The van der Waals surface area contributed by atoms with Crippen molar-refractivity contribution in [3.8, 4) is 0 Å². The molecule has 2 unspecified atom stereocenters. The van der Waals surface area contributed by atoms with Gasteiger partial charge in [-0.15, -0.1) is 0 Å². The molecule has 92 valence electrons. The van der Waals surface area contributed by atoms with Gasteiger partial charge >= 0.3 is 0 Å². The van der Waals surface area contributed by atoms with Crippen molar-refractivity contribution in [3.63, 3.8) is 0 Å². The van der Waals surface area contributed by atoms with Crippen LogP contribution in [-0.4, -0.2) is 30.1 Å². The molecule has 1 saturated heterocycles. The summed E-state index contributed by atoms with van der Waals surface area (Å²) in [6.45, 7) is 2.73. The van der Waals surface area contributed by atoms with Gasteiger partial charge in [0.25, 0.3) is 0 Å². The van der Waals surface area contributed by atoms with Crippen LogP contribution in [0.2, 0.25) is 0 Å². The first-order valence-electron chi connectivity index (χ1n) is 7.29. The maximum atomic E-state index is 6.20. The zero-order valence-corrected chi connectivity index (χ0v) is 10.5. The molecule has 0 aromatic carbocycles. The second kappa shape index (κ2) is 4.30. The molecular weight excluding hydrogens is 196 g/mol. The van der Waals surface area contributed by atoms with E-state index in [0.717, 1.165) is 11.5 Å². The predicted molar refractivity (Wildman–Crippen MR) is 67.3 cm³/mol. The van der Waals surface area contributed by atoms with Gasteiger partial charge in [-0.25, -0.2) is 0 Å². The molecule has 0 bridgehead atoms. The van der Waals surface area contributed by atoms with Gasteiger partial charge in [-0.2, -0.15) is 0 Å². The molecule has 0 amide bonds. The van der Waals surface area contributed by atoms with Gasteiger partial charge in [0, 0.05) is 25.2 Å². The van der Waals surface area contributed by atoms with E-state index < -0.39 is 0 Å². The zero-order chi connectivity index (χ0) is 11.0. The highest BCUT2D eigenvalue weighted by atomic mass is 15.3. The first kappa shape index (κ1) is 11.0. The van der Waals surface area contributed by atoms with E-state index in [1.807, 2.05) is 0 Å². The Morgan fingerprint density at radius 1 is 0.875 bits per heavy atom. The molecule has 0 aromatic rings. The molecular formula is C14H26N2. The van der Waals surface area contributed by atoms with Crippen molar-refractivity contribution in [1.29, 1.82) is 0 Å². The van der Waals surface area contributed by atoms with Crippen LogP contribution in [0.1, 0.15) is 57.8 Å². The van der Waals surface area contributed by atoms with E-state index >= 15 is 0 Å². The van der Waals surface area contributed by atoms with Gasteiger partial charge in [0.2, 0.25) is 0 Å². The molecule has 2 heteroatoms.